The number of rotatable bonds is 7. The minimum atomic E-state index is -0.663. The van der Waals surface area contributed by atoms with E-state index in [9.17, 15) is 9.90 Å². The molecule has 2 aromatic heterocycles. The minimum absolute atomic E-state index is 0.0708. The first-order valence-electron chi connectivity index (χ1n) is 9.07. The molecule has 0 spiro atoms. The molecular formula is C18H26N4O3. The van der Waals surface area contributed by atoms with Gasteiger partial charge in [0.05, 0.1) is 6.26 Å². The van der Waals surface area contributed by atoms with Crippen LogP contribution in [0.25, 0.3) is 0 Å². The Morgan fingerprint density at radius 3 is 3.08 bits per heavy atom. The fourth-order valence-electron chi connectivity index (χ4n) is 3.49. The number of hydrogen-bond donors (Lipinski definition) is 1. The summed E-state index contributed by atoms with van der Waals surface area (Å²) in [5.41, 5.74) is 0. The number of nitrogens with zero attached hydrogens (tertiary/aromatic N) is 4. The van der Waals surface area contributed by atoms with Crippen molar-refractivity contribution in [3.8, 4) is 0 Å². The largest absolute Gasteiger partial charge is 0.467 e. The van der Waals surface area contributed by atoms with Crippen molar-refractivity contribution in [2.75, 3.05) is 6.54 Å². The van der Waals surface area contributed by atoms with Crippen molar-refractivity contribution in [1.82, 2.24) is 19.7 Å². The molecule has 0 aromatic carbocycles. The minimum Gasteiger partial charge on any atom is -0.467 e. The van der Waals surface area contributed by atoms with E-state index in [1.54, 1.807) is 29.4 Å². The molecule has 3 rings (SSSR count). The maximum absolute atomic E-state index is 12.7. The van der Waals surface area contributed by atoms with E-state index < -0.39 is 6.10 Å². The van der Waals surface area contributed by atoms with Crippen LogP contribution in [0.15, 0.2) is 35.5 Å². The van der Waals surface area contributed by atoms with Crippen LogP contribution in [0.3, 0.4) is 0 Å². The SMILES string of the molecule is O=C(CCCn1cncn1)N1CCCCCC1CC(O)c1ccco1. The number of furan rings is 1. The molecule has 3 heterocycles. The second-order valence-corrected chi connectivity index (χ2v) is 6.62. The van der Waals surface area contributed by atoms with Gasteiger partial charge in [-0.3, -0.25) is 9.48 Å². The zero-order valence-electron chi connectivity index (χ0n) is 14.5. The lowest BCUT2D eigenvalue weighted by atomic mass is 10.0. The summed E-state index contributed by atoms with van der Waals surface area (Å²) in [4.78, 5) is 18.6. The van der Waals surface area contributed by atoms with Gasteiger partial charge in [-0.2, -0.15) is 5.10 Å². The Labute approximate surface area is 147 Å². The summed E-state index contributed by atoms with van der Waals surface area (Å²) in [6, 6.07) is 3.63. The second-order valence-electron chi connectivity index (χ2n) is 6.62. The van der Waals surface area contributed by atoms with Crippen molar-refractivity contribution in [3.63, 3.8) is 0 Å². The van der Waals surface area contributed by atoms with Crippen molar-refractivity contribution in [3.05, 3.63) is 36.8 Å². The van der Waals surface area contributed by atoms with Gasteiger partial charge in [0.2, 0.25) is 5.91 Å². The Kier molecular flexibility index (Phi) is 6.22. The topological polar surface area (TPSA) is 84.4 Å². The van der Waals surface area contributed by atoms with Gasteiger partial charge in [0, 0.05) is 32.0 Å². The quantitative estimate of drug-likeness (QED) is 0.833. The molecule has 1 aliphatic heterocycles. The van der Waals surface area contributed by atoms with Crippen LogP contribution >= 0.6 is 0 Å². The first-order valence-corrected chi connectivity index (χ1v) is 9.07. The van der Waals surface area contributed by atoms with Crippen LogP contribution in [0.2, 0.25) is 0 Å². The summed E-state index contributed by atoms with van der Waals surface area (Å²) in [5.74, 6) is 0.737. The number of carbonyl (C=O) groups is 1. The predicted molar refractivity (Wildman–Crippen MR) is 91.5 cm³/mol. The maximum atomic E-state index is 12.7. The Hall–Kier alpha value is -2.15. The van der Waals surface area contributed by atoms with Crippen molar-refractivity contribution >= 4 is 5.91 Å². The molecule has 7 heteroatoms. The molecule has 2 aromatic rings. The van der Waals surface area contributed by atoms with Gasteiger partial charge in [-0.25, -0.2) is 4.98 Å². The molecule has 0 radical (unpaired) electrons. The third-order valence-electron chi connectivity index (χ3n) is 4.81. The Morgan fingerprint density at radius 2 is 2.32 bits per heavy atom. The fraction of sp³-hybridized carbons (Fsp3) is 0.611. The average Bonchev–Trinajstić information content (AvgIpc) is 3.27. The standard InChI is InChI=1S/C18H26N4O3/c23-16(17-7-5-11-25-17)12-15-6-2-1-3-10-22(15)18(24)8-4-9-21-14-19-13-20-21/h5,7,11,13-16,23H,1-4,6,8-10,12H2. The highest BCUT2D eigenvalue weighted by molar-refractivity contribution is 5.76. The number of carbonyl (C=O) groups excluding carboxylic acids is 1. The fourth-order valence-corrected chi connectivity index (χ4v) is 3.49. The van der Waals surface area contributed by atoms with Crippen molar-refractivity contribution in [1.29, 1.82) is 0 Å². The molecular weight excluding hydrogens is 320 g/mol. The van der Waals surface area contributed by atoms with Gasteiger partial charge < -0.3 is 14.4 Å². The highest BCUT2D eigenvalue weighted by Gasteiger charge is 2.28. The first kappa shape index (κ1) is 17.7. The lowest BCUT2D eigenvalue weighted by molar-refractivity contribution is -0.134. The van der Waals surface area contributed by atoms with Crippen LogP contribution in [0.1, 0.15) is 56.8 Å². The van der Waals surface area contributed by atoms with E-state index in [0.717, 1.165) is 38.6 Å². The monoisotopic (exact) mass is 346 g/mol. The Morgan fingerprint density at radius 1 is 1.40 bits per heavy atom. The number of aliphatic hydroxyl groups is 1. The van der Waals surface area contributed by atoms with E-state index in [0.29, 0.717) is 25.1 Å². The molecule has 1 aliphatic rings. The summed E-state index contributed by atoms with van der Waals surface area (Å²) in [5, 5.41) is 14.5. The van der Waals surface area contributed by atoms with E-state index in [1.807, 2.05) is 4.90 Å². The summed E-state index contributed by atoms with van der Waals surface area (Å²) in [7, 11) is 0. The van der Waals surface area contributed by atoms with Crippen LogP contribution in [-0.2, 0) is 11.3 Å². The number of aromatic nitrogens is 3. The van der Waals surface area contributed by atoms with E-state index in [1.165, 1.54) is 6.33 Å². The van der Waals surface area contributed by atoms with Gasteiger partial charge in [-0.1, -0.05) is 12.8 Å². The van der Waals surface area contributed by atoms with Gasteiger partial charge >= 0.3 is 0 Å². The molecule has 1 saturated heterocycles. The van der Waals surface area contributed by atoms with Gasteiger partial charge in [0.1, 0.15) is 24.5 Å². The molecule has 1 N–H and O–H groups in total. The van der Waals surface area contributed by atoms with Crippen LogP contribution in [0, 0.1) is 0 Å². The van der Waals surface area contributed by atoms with Gasteiger partial charge in [-0.05, 0) is 31.4 Å². The zero-order valence-corrected chi connectivity index (χ0v) is 14.5. The maximum Gasteiger partial charge on any atom is 0.222 e. The molecule has 1 fully saturated rings. The molecule has 2 atom stereocenters. The molecule has 0 bridgehead atoms. The molecule has 1 amide bonds. The lowest BCUT2D eigenvalue weighted by Gasteiger charge is -2.31. The molecule has 0 saturated carbocycles. The zero-order chi connectivity index (χ0) is 17.5. The van der Waals surface area contributed by atoms with Gasteiger partial charge in [0.25, 0.3) is 0 Å². The van der Waals surface area contributed by atoms with Crippen molar-refractivity contribution in [2.24, 2.45) is 0 Å². The van der Waals surface area contributed by atoms with Crippen LogP contribution in [0.5, 0.6) is 0 Å². The van der Waals surface area contributed by atoms with E-state index >= 15 is 0 Å². The Bertz CT molecular complexity index is 627. The van der Waals surface area contributed by atoms with Gasteiger partial charge in [-0.15, -0.1) is 0 Å². The third kappa shape index (κ3) is 4.92. The van der Waals surface area contributed by atoms with Crippen molar-refractivity contribution in [2.45, 2.75) is 63.6 Å². The number of aryl methyl sites for hydroxylation is 1. The second kappa shape index (κ2) is 8.80. The molecule has 25 heavy (non-hydrogen) atoms. The molecule has 7 nitrogen and oxygen atoms in total. The highest BCUT2D eigenvalue weighted by atomic mass is 16.4. The van der Waals surface area contributed by atoms with E-state index in [2.05, 4.69) is 10.1 Å². The number of likely N-dealkylation sites (tertiary alicyclic amines) is 1. The van der Waals surface area contributed by atoms with Gasteiger partial charge in [0.15, 0.2) is 0 Å². The number of aliphatic hydroxyl groups excluding tert-OH is 1. The normalized spacial score (nSPS) is 19.6. The lowest BCUT2D eigenvalue weighted by Crippen LogP contribution is -2.40. The molecule has 0 aliphatic carbocycles. The smallest absolute Gasteiger partial charge is 0.222 e. The van der Waals surface area contributed by atoms with Crippen LogP contribution in [0.4, 0.5) is 0 Å². The summed E-state index contributed by atoms with van der Waals surface area (Å²) < 4.78 is 7.04. The summed E-state index contributed by atoms with van der Waals surface area (Å²) in [6.45, 7) is 1.47. The summed E-state index contributed by atoms with van der Waals surface area (Å²) in [6.07, 6.45) is 10.0. The number of amides is 1. The third-order valence-corrected chi connectivity index (χ3v) is 4.81. The van der Waals surface area contributed by atoms with E-state index in [4.69, 9.17) is 4.42 Å². The van der Waals surface area contributed by atoms with Crippen LogP contribution < -0.4 is 0 Å². The summed E-state index contributed by atoms with van der Waals surface area (Å²) >= 11 is 0. The van der Waals surface area contributed by atoms with Crippen molar-refractivity contribution < 1.29 is 14.3 Å². The first-order chi connectivity index (χ1) is 12.2. The molecule has 2 unspecified atom stereocenters. The highest BCUT2D eigenvalue weighted by Crippen LogP contribution is 2.27. The van der Waals surface area contributed by atoms with E-state index in [-0.39, 0.29) is 11.9 Å². The predicted octanol–water partition coefficient (Wildman–Crippen LogP) is 2.55. The molecule has 136 valence electrons. The van der Waals surface area contributed by atoms with Crippen LogP contribution in [-0.4, -0.2) is 43.3 Å². The average molecular weight is 346 g/mol. The number of hydrogen-bond acceptors (Lipinski definition) is 5. The Balaban J connectivity index is 1.56.